The maximum Gasteiger partial charge on any atom is 0.248 e. The molecular weight excluding hydrogens is 438 g/mol. The number of carbonyl (C=O) groups excluding carboxylic acids is 1. The lowest BCUT2D eigenvalue weighted by Crippen LogP contribution is -2.35. The van der Waals surface area contributed by atoms with E-state index in [9.17, 15) is 13.6 Å². The number of halogens is 2. The Bertz CT molecular complexity index is 1170. The SMILES string of the molecule is O=C(Cc1cc2cc(-c3cncc(NC4CCNCC4)n3)ncc2cn1)C1CCC(F)(F)CC1. The van der Waals surface area contributed by atoms with Gasteiger partial charge in [0.1, 0.15) is 17.3 Å². The highest BCUT2D eigenvalue weighted by Crippen LogP contribution is 2.36. The highest BCUT2D eigenvalue weighted by atomic mass is 19.3. The van der Waals surface area contributed by atoms with Gasteiger partial charge in [0.15, 0.2) is 0 Å². The van der Waals surface area contributed by atoms with Crippen LogP contribution in [-0.2, 0) is 11.2 Å². The third kappa shape index (κ3) is 5.35. The highest BCUT2D eigenvalue weighted by molar-refractivity contribution is 5.87. The van der Waals surface area contributed by atoms with Crippen molar-refractivity contribution >= 4 is 22.4 Å². The smallest absolute Gasteiger partial charge is 0.248 e. The minimum absolute atomic E-state index is 0.0146. The van der Waals surface area contributed by atoms with Crippen molar-refractivity contribution in [2.24, 2.45) is 5.92 Å². The standard InChI is InChI=1S/C25H28F2N6O/c26-25(27)5-1-16(2-6-25)23(34)11-20-9-17-10-21(31-13-18(17)12-30-20)22-14-29-15-24(33-22)32-19-3-7-28-8-4-19/h9-10,12-16,19,28H,1-8,11H2,(H,32,33). The van der Waals surface area contributed by atoms with Gasteiger partial charge in [0.25, 0.3) is 0 Å². The van der Waals surface area contributed by atoms with Gasteiger partial charge < -0.3 is 10.6 Å². The van der Waals surface area contributed by atoms with Gasteiger partial charge in [-0.1, -0.05) is 0 Å². The molecule has 9 heteroatoms. The molecule has 3 aromatic rings. The Morgan fingerprint density at radius 1 is 0.971 bits per heavy atom. The number of alkyl halides is 2. The molecule has 0 spiro atoms. The molecule has 0 atom stereocenters. The van der Waals surface area contributed by atoms with E-state index < -0.39 is 5.92 Å². The minimum Gasteiger partial charge on any atom is -0.366 e. The van der Waals surface area contributed by atoms with Crippen LogP contribution in [0.4, 0.5) is 14.6 Å². The predicted molar refractivity (Wildman–Crippen MR) is 126 cm³/mol. The van der Waals surface area contributed by atoms with Crippen molar-refractivity contribution in [2.45, 2.75) is 56.9 Å². The second-order valence-electron chi connectivity index (χ2n) is 9.32. The molecule has 1 aliphatic heterocycles. The number of aromatic nitrogens is 4. The molecule has 2 N–H and O–H groups in total. The Morgan fingerprint density at radius 2 is 1.74 bits per heavy atom. The molecule has 5 rings (SSSR count). The summed E-state index contributed by atoms with van der Waals surface area (Å²) in [5, 5.41) is 8.56. The van der Waals surface area contributed by atoms with Crippen molar-refractivity contribution in [3.05, 3.63) is 42.6 Å². The van der Waals surface area contributed by atoms with Gasteiger partial charge in [-0.05, 0) is 56.3 Å². The third-order valence-electron chi connectivity index (χ3n) is 6.78. The summed E-state index contributed by atoms with van der Waals surface area (Å²) >= 11 is 0. The van der Waals surface area contributed by atoms with Gasteiger partial charge in [-0.3, -0.25) is 19.7 Å². The van der Waals surface area contributed by atoms with Crippen LogP contribution in [0.1, 0.15) is 44.2 Å². The van der Waals surface area contributed by atoms with E-state index in [0.29, 0.717) is 23.1 Å². The molecular formula is C25H28F2N6O. The van der Waals surface area contributed by atoms with E-state index in [1.807, 2.05) is 12.1 Å². The molecule has 3 aromatic heterocycles. The van der Waals surface area contributed by atoms with Crippen LogP contribution < -0.4 is 10.6 Å². The zero-order chi connectivity index (χ0) is 23.5. The fourth-order valence-corrected chi connectivity index (χ4v) is 4.74. The number of carbonyl (C=O) groups is 1. The number of piperidine rings is 1. The number of rotatable bonds is 6. The monoisotopic (exact) mass is 466 g/mol. The summed E-state index contributed by atoms with van der Waals surface area (Å²) in [7, 11) is 0. The molecule has 1 aliphatic carbocycles. The third-order valence-corrected chi connectivity index (χ3v) is 6.78. The van der Waals surface area contributed by atoms with Crippen molar-refractivity contribution in [3.63, 3.8) is 0 Å². The second kappa shape index (κ2) is 9.66. The molecule has 0 amide bonds. The van der Waals surface area contributed by atoms with Crippen molar-refractivity contribution in [2.75, 3.05) is 18.4 Å². The second-order valence-corrected chi connectivity index (χ2v) is 9.32. The number of hydrogen-bond acceptors (Lipinski definition) is 7. The summed E-state index contributed by atoms with van der Waals surface area (Å²) in [6.45, 7) is 1.98. The summed E-state index contributed by atoms with van der Waals surface area (Å²) in [6.07, 6.45) is 9.14. The first-order valence-corrected chi connectivity index (χ1v) is 11.9. The number of anilines is 1. The number of nitrogens with zero attached hydrogens (tertiary/aromatic N) is 4. The van der Waals surface area contributed by atoms with E-state index in [4.69, 9.17) is 4.98 Å². The first kappa shape index (κ1) is 22.7. The summed E-state index contributed by atoms with van der Waals surface area (Å²) in [5.74, 6) is -2.23. The average molecular weight is 467 g/mol. The largest absolute Gasteiger partial charge is 0.366 e. The van der Waals surface area contributed by atoms with Gasteiger partial charge in [-0.15, -0.1) is 0 Å². The molecule has 0 unspecified atom stereocenters. The van der Waals surface area contributed by atoms with Crippen LogP contribution in [0.15, 0.2) is 36.9 Å². The predicted octanol–water partition coefficient (Wildman–Crippen LogP) is 4.19. The first-order valence-electron chi connectivity index (χ1n) is 11.9. The van der Waals surface area contributed by atoms with E-state index >= 15 is 0 Å². The van der Waals surface area contributed by atoms with Crippen LogP contribution in [0.5, 0.6) is 0 Å². The summed E-state index contributed by atoms with van der Waals surface area (Å²) in [4.78, 5) is 30.6. The minimum atomic E-state index is -2.63. The molecule has 34 heavy (non-hydrogen) atoms. The molecule has 1 saturated heterocycles. The van der Waals surface area contributed by atoms with E-state index in [2.05, 4.69) is 25.6 Å². The molecule has 0 bridgehead atoms. The van der Waals surface area contributed by atoms with Gasteiger partial charge in [-0.2, -0.15) is 0 Å². The van der Waals surface area contributed by atoms with Crippen LogP contribution in [0, 0.1) is 5.92 Å². The molecule has 0 radical (unpaired) electrons. The molecule has 0 aromatic carbocycles. The zero-order valence-electron chi connectivity index (χ0n) is 18.9. The Hall–Kier alpha value is -3.07. The maximum absolute atomic E-state index is 13.4. The van der Waals surface area contributed by atoms with Gasteiger partial charge in [0.05, 0.1) is 18.1 Å². The Balaban J connectivity index is 1.31. The average Bonchev–Trinajstić information content (AvgIpc) is 2.84. The van der Waals surface area contributed by atoms with Gasteiger partial charge in [-0.25, -0.2) is 13.8 Å². The lowest BCUT2D eigenvalue weighted by molar-refractivity contribution is -0.126. The Labute approximate surface area is 196 Å². The fourth-order valence-electron chi connectivity index (χ4n) is 4.74. The van der Waals surface area contributed by atoms with Crippen molar-refractivity contribution in [3.8, 4) is 11.4 Å². The zero-order valence-corrected chi connectivity index (χ0v) is 18.9. The van der Waals surface area contributed by atoms with Crippen molar-refractivity contribution < 1.29 is 13.6 Å². The lowest BCUT2D eigenvalue weighted by Gasteiger charge is -2.27. The normalized spacial score (nSPS) is 19.2. The Morgan fingerprint density at radius 3 is 2.53 bits per heavy atom. The quantitative estimate of drug-likeness (QED) is 0.563. The van der Waals surface area contributed by atoms with Crippen molar-refractivity contribution in [1.82, 2.24) is 25.3 Å². The van der Waals surface area contributed by atoms with Crippen LogP contribution >= 0.6 is 0 Å². The summed E-state index contributed by atoms with van der Waals surface area (Å²) in [6, 6.07) is 4.17. The van der Waals surface area contributed by atoms with Crippen LogP contribution in [-0.4, -0.2) is 50.8 Å². The van der Waals surface area contributed by atoms with E-state index in [1.165, 1.54) is 0 Å². The molecule has 178 valence electrons. The maximum atomic E-state index is 13.4. The number of Topliss-reactive ketones (excluding diaryl/α,β-unsaturated/α-hetero) is 1. The van der Waals surface area contributed by atoms with Crippen LogP contribution in [0.25, 0.3) is 22.2 Å². The molecule has 4 heterocycles. The van der Waals surface area contributed by atoms with Crippen LogP contribution in [0.3, 0.4) is 0 Å². The van der Waals surface area contributed by atoms with Gasteiger partial charge in [0.2, 0.25) is 5.92 Å². The lowest BCUT2D eigenvalue weighted by atomic mass is 9.83. The van der Waals surface area contributed by atoms with Crippen molar-refractivity contribution in [1.29, 1.82) is 0 Å². The number of hydrogen-bond donors (Lipinski definition) is 2. The molecule has 1 saturated carbocycles. The number of ketones is 1. The number of nitrogens with one attached hydrogen (secondary N) is 2. The van der Waals surface area contributed by atoms with Gasteiger partial charge in [0, 0.05) is 54.7 Å². The summed E-state index contributed by atoms with van der Waals surface area (Å²) < 4.78 is 26.8. The molecule has 7 nitrogen and oxygen atoms in total. The van der Waals surface area contributed by atoms with Crippen LogP contribution in [0.2, 0.25) is 0 Å². The number of pyridine rings is 2. The molecule has 2 fully saturated rings. The topological polar surface area (TPSA) is 92.7 Å². The van der Waals surface area contributed by atoms with E-state index in [0.717, 1.165) is 42.5 Å². The van der Waals surface area contributed by atoms with Gasteiger partial charge >= 0.3 is 0 Å². The highest BCUT2D eigenvalue weighted by Gasteiger charge is 2.37. The van der Waals surface area contributed by atoms with E-state index in [-0.39, 0.29) is 43.8 Å². The first-order chi connectivity index (χ1) is 16.4. The van der Waals surface area contributed by atoms with E-state index in [1.54, 1.807) is 24.8 Å². The molecule has 2 aliphatic rings. The Kier molecular flexibility index (Phi) is 6.45. The summed E-state index contributed by atoms with van der Waals surface area (Å²) in [5.41, 5.74) is 1.99. The number of fused-ring (bicyclic) bond motifs is 1. The fraction of sp³-hybridized carbons (Fsp3) is 0.480.